The molecule has 86 valence electrons. The van der Waals surface area contributed by atoms with Crippen LogP contribution in [0.4, 0.5) is 4.79 Å². The molecule has 0 fully saturated rings. The van der Waals surface area contributed by atoms with Crippen molar-refractivity contribution in [2.75, 3.05) is 13.2 Å². The summed E-state index contributed by atoms with van der Waals surface area (Å²) in [5, 5.41) is 3.11. The van der Waals surface area contributed by atoms with E-state index in [1.165, 1.54) is 0 Å². The lowest BCUT2D eigenvalue weighted by molar-refractivity contribution is 0.0650. The lowest BCUT2D eigenvalue weighted by Gasteiger charge is -2.35. The molecule has 0 atom stereocenters. The molecule has 0 bridgehead atoms. The van der Waals surface area contributed by atoms with Gasteiger partial charge < -0.3 is 0 Å². The second kappa shape index (κ2) is 3.68. The predicted molar refractivity (Wildman–Crippen MR) is 58.1 cm³/mol. The molecule has 2 amide bonds. The number of carbonyl (C=O) groups excluding carboxylic acids is 1. The molecule has 0 unspecified atom stereocenters. The average Bonchev–Trinajstić information content (AvgIpc) is 2.49. The van der Waals surface area contributed by atoms with Gasteiger partial charge in [0.15, 0.2) is 0 Å². The monoisotopic (exact) mass is 241 g/mol. The van der Waals surface area contributed by atoms with E-state index in [1.807, 2.05) is 0 Å². The van der Waals surface area contributed by atoms with Crippen molar-refractivity contribution < 1.29 is 9.63 Å². The maximum absolute atomic E-state index is 11.8. The van der Waals surface area contributed by atoms with E-state index in [2.05, 4.69) is 10.8 Å². The summed E-state index contributed by atoms with van der Waals surface area (Å²) in [5.74, 6) is 0. The zero-order valence-corrected chi connectivity index (χ0v) is 9.43. The van der Waals surface area contributed by atoms with E-state index in [1.54, 1.807) is 4.90 Å². The van der Waals surface area contributed by atoms with Crippen LogP contribution in [-0.2, 0) is 4.84 Å². The van der Waals surface area contributed by atoms with E-state index in [9.17, 15) is 4.79 Å². The Kier molecular flexibility index (Phi) is 2.29. The van der Waals surface area contributed by atoms with Gasteiger partial charge in [0.2, 0.25) is 0 Å². The van der Waals surface area contributed by atoms with E-state index in [0.29, 0.717) is 18.2 Å². The molecule has 3 heterocycles. The molecule has 2 N–H and O–H groups in total. The number of allylic oxidation sites excluding steroid dienone is 2. The Balaban J connectivity index is 2.16. The average molecular weight is 242 g/mol. The van der Waals surface area contributed by atoms with Crippen molar-refractivity contribution in [3.63, 3.8) is 0 Å². The van der Waals surface area contributed by atoms with Crippen molar-refractivity contribution in [3.8, 4) is 0 Å². The normalized spacial score (nSPS) is 24.8. The number of halogens is 1. The van der Waals surface area contributed by atoms with Gasteiger partial charge in [-0.3, -0.25) is 20.5 Å². The maximum atomic E-state index is 11.8. The van der Waals surface area contributed by atoms with E-state index in [0.717, 1.165) is 36.4 Å². The molecule has 0 saturated heterocycles. The number of carbonyl (C=O) groups is 1. The van der Waals surface area contributed by atoms with Crippen molar-refractivity contribution >= 4 is 17.6 Å². The molecule has 0 aromatic heterocycles. The molecular weight excluding hydrogens is 230 g/mol. The molecule has 0 saturated carbocycles. The molecule has 0 radical (unpaired) electrons. The third kappa shape index (κ3) is 1.39. The van der Waals surface area contributed by atoms with Crippen molar-refractivity contribution in [1.29, 1.82) is 0 Å². The van der Waals surface area contributed by atoms with Gasteiger partial charge in [-0.2, -0.15) is 0 Å². The van der Waals surface area contributed by atoms with E-state index in [4.69, 9.17) is 16.4 Å². The second-order valence-corrected chi connectivity index (χ2v) is 4.38. The number of nitrogens with one attached hydrogen (secondary N) is 2. The Bertz CT molecular complexity index is 416. The van der Waals surface area contributed by atoms with Crippen molar-refractivity contribution in [1.82, 2.24) is 15.7 Å². The Hall–Kier alpha value is -1.20. The van der Waals surface area contributed by atoms with Crippen molar-refractivity contribution in [2.45, 2.75) is 19.3 Å². The summed E-state index contributed by atoms with van der Waals surface area (Å²) in [7, 11) is 0. The first-order chi connectivity index (χ1) is 7.77. The largest absolute Gasteiger partial charge is 0.327 e. The van der Waals surface area contributed by atoms with Gasteiger partial charge in [-0.1, -0.05) is 11.6 Å². The molecule has 3 rings (SSSR count). The van der Waals surface area contributed by atoms with Crippen LogP contribution in [0.2, 0.25) is 0 Å². The summed E-state index contributed by atoms with van der Waals surface area (Å²) in [5.41, 5.74) is 5.77. The van der Waals surface area contributed by atoms with Gasteiger partial charge in [-0.05, 0) is 12.8 Å². The first-order valence-electron chi connectivity index (χ1n) is 5.36. The Labute approximate surface area is 98.0 Å². The standard InChI is InChI=1S/C10H12ClN3O2/c11-9-6-3-5-16-13-7-2-1-4-14(8(6)7)10(15)12-9/h13H,1-5H2,(H,12,15). The third-order valence-electron chi connectivity index (χ3n) is 3.03. The van der Waals surface area contributed by atoms with Gasteiger partial charge in [-0.25, -0.2) is 4.79 Å². The van der Waals surface area contributed by atoms with Crippen LogP contribution >= 0.6 is 11.6 Å². The van der Waals surface area contributed by atoms with Crippen LogP contribution in [0.15, 0.2) is 22.1 Å². The van der Waals surface area contributed by atoms with E-state index >= 15 is 0 Å². The van der Waals surface area contributed by atoms with Crippen LogP contribution in [0.1, 0.15) is 19.3 Å². The molecule has 3 aliphatic heterocycles. The van der Waals surface area contributed by atoms with Gasteiger partial charge in [0.1, 0.15) is 5.16 Å². The zero-order chi connectivity index (χ0) is 11.1. The van der Waals surface area contributed by atoms with Crippen LogP contribution in [0.3, 0.4) is 0 Å². The quantitative estimate of drug-likeness (QED) is 0.631. The molecule has 0 aromatic carbocycles. The highest BCUT2D eigenvalue weighted by atomic mass is 35.5. The van der Waals surface area contributed by atoms with Gasteiger partial charge in [0, 0.05) is 18.5 Å². The highest BCUT2D eigenvalue weighted by Crippen LogP contribution is 2.35. The van der Waals surface area contributed by atoms with E-state index < -0.39 is 0 Å². The molecular formula is C10H12ClN3O2. The summed E-state index contributed by atoms with van der Waals surface area (Å²) in [6.07, 6.45) is 2.54. The number of hydrogen-bond acceptors (Lipinski definition) is 3. The van der Waals surface area contributed by atoms with Gasteiger partial charge in [-0.15, -0.1) is 0 Å². The molecule has 0 aromatic rings. The van der Waals surface area contributed by atoms with Crippen LogP contribution in [0, 0.1) is 0 Å². The number of hydroxylamine groups is 1. The summed E-state index contributed by atoms with van der Waals surface area (Å²) in [6, 6.07) is -0.148. The third-order valence-corrected chi connectivity index (χ3v) is 3.35. The van der Waals surface area contributed by atoms with Crippen LogP contribution in [0.25, 0.3) is 0 Å². The minimum Gasteiger partial charge on any atom is -0.297 e. The predicted octanol–water partition coefficient (Wildman–Crippen LogP) is 1.39. The number of amides is 2. The fourth-order valence-electron chi connectivity index (χ4n) is 2.31. The van der Waals surface area contributed by atoms with Gasteiger partial charge in [0.25, 0.3) is 0 Å². The number of rotatable bonds is 0. The van der Waals surface area contributed by atoms with Crippen LogP contribution in [-0.4, -0.2) is 24.1 Å². The summed E-state index contributed by atoms with van der Waals surface area (Å²) < 4.78 is 0. The Morgan fingerprint density at radius 3 is 3.12 bits per heavy atom. The second-order valence-electron chi connectivity index (χ2n) is 4.01. The number of hydrogen-bond donors (Lipinski definition) is 2. The highest BCUT2D eigenvalue weighted by Gasteiger charge is 2.34. The first-order valence-corrected chi connectivity index (χ1v) is 5.73. The fraction of sp³-hybridized carbons (Fsp3) is 0.500. The van der Waals surface area contributed by atoms with Crippen molar-refractivity contribution in [3.05, 3.63) is 22.1 Å². The number of urea groups is 1. The van der Waals surface area contributed by atoms with E-state index in [-0.39, 0.29) is 6.03 Å². The van der Waals surface area contributed by atoms with Crippen LogP contribution in [0.5, 0.6) is 0 Å². The molecule has 6 heteroatoms. The zero-order valence-electron chi connectivity index (χ0n) is 8.68. The minimum atomic E-state index is -0.148. The molecule has 0 aliphatic carbocycles. The van der Waals surface area contributed by atoms with Gasteiger partial charge >= 0.3 is 6.03 Å². The summed E-state index contributed by atoms with van der Waals surface area (Å²) in [4.78, 5) is 18.8. The smallest absolute Gasteiger partial charge is 0.297 e. The number of nitrogens with zero attached hydrogens (tertiary/aromatic N) is 1. The summed E-state index contributed by atoms with van der Waals surface area (Å²) >= 11 is 6.07. The molecule has 0 spiro atoms. The van der Waals surface area contributed by atoms with Crippen molar-refractivity contribution in [2.24, 2.45) is 0 Å². The molecule has 16 heavy (non-hydrogen) atoms. The lowest BCUT2D eigenvalue weighted by atomic mass is 10.00. The topological polar surface area (TPSA) is 53.6 Å². The maximum Gasteiger partial charge on any atom is 0.327 e. The lowest BCUT2D eigenvalue weighted by Crippen LogP contribution is -2.46. The Morgan fingerprint density at radius 1 is 1.38 bits per heavy atom. The fourth-order valence-corrected chi connectivity index (χ4v) is 2.58. The van der Waals surface area contributed by atoms with Crippen LogP contribution < -0.4 is 10.8 Å². The molecule has 3 aliphatic rings. The Morgan fingerprint density at radius 2 is 2.25 bits per heavy atom. The molecule has 5 nitrogen and oxygen atoms in total. The highest BCUT2D eigenvalue weighted by molar-refractivity contribution is 6.31. The SMILES string of the molecule is O=C1NC(Cl)=C2CCONC3=C2N1CCC3. The minimum absolute atomic E-state index is 0.148. The first kappa shape index (κ1) is 9.99. The summed E-state index contributed by atoms with van der Waals surface area (Å²) in [6.45, 7) is 1.29. The van der Waals surface area contributed by atoms with Gasteiger partial charge in [0.05, 0.1) is 18.0 Å².